The molecule has 3 nitrogen and oxygen atoms in total. The molecule has 0 radical (unpaired) electrons. The van der Waals surface area contributed by atoms with Gasteiger partial charge in [-0.15, -0.1) is 0 Å². The maximum absolute atomic E-state index is 6.61. The third-order valence-electron chi connectivity index (χ3n) is 4.88. The minimum Gasteiger partial charge on any atom is -0.380 e. The third kappa shape index (κ3) is 3.85. The molecule has 2 N–H and O–H groups in total. The highest BCUT2D eigenvalue weighted by atomic mass is 16.5. The van der Waals surface area contributed by atoms with Crippen molar-refractivity contribution < 1.29 is 4.74 Å². The van der Waals surface area contributed by atoms with Gasteiger partial charge in [-0.3, -0.25) is 4.90 Å². The van der Waals surface area contributed by atoms with E-state index in [0.717, 1.165) is 13.1 Å². The summed E-state index contributed by atoms with van der Waals surface area (Å²) in [5.74, 6) is 1.15. The lowest BCUT2D eigenvalue weighted by Crippen LogP contribution is -2.53. The Bertz CT molecular complexity index is 420. The zero-order chi connectivity index (χ0) is 15.4. The van der Waals surface area contributed by atoms with Crippen molar-refractivity contribution >= 4 is 0 Å². The van der Waals surface area contributed by atoms with E-state index in [0.29, 0.717) is 24.0 Å². The molecular weight excluding hydrogens is 260 g/mol. The molecule has 0 saturated carbocycles. The maximum Gasteiger partial charge on any atom is 0.0724 e. The molecule has 1 aliphatic rings. The Morgan fingerprint density at radius 2 is 1.90 bits per heavy atom. The van der Waals surface area contributed by atoms with E-state index in [1.165, 1.54) is 12.0 Å². The number of nitrogens with zero attached hydrogens (tertiary/aromatic N) is 1. The fourth-order valence-corrected chi connectivity index (χ4v) is 3.57. The molecule has 4 unspecified atom stereocenters. The van der Waals surface area contributed by atoms with Gasteiger partial charge in [-0.25, -0.2) is 0 Å². The van der Waals surface area contributed by atoms with E-state index in [2.05, 4.69) is 49.9 Å². The summed E-state index contributed by atoms with van der Waals surface area (Å²) in [5.41, 5.74) is 7.84. The quantitative estimate of drug-likeness (QED) is 0.906. The van der Waals surface area contributed by atoms with Gasteiger partial charge >= 0.3 is 0 Å². The Hall–Kier alpha value is -0.900. The van der Waals surface area contributed by atoms with E-state index >= 15 is 0 Å². The largest absolute Gasteiger partial charge is 0.380 e. The van der Waals surface area contributed by atoms with Gasteiger partial charge in [-0.2, -0.15) is 0 Å². The van der Waals surface area contributed by atoms with Crippen molar-refractivity contribution in [3.8, 4) is 0 Å². The summed E-state index contributed by atoms with van der Waals surface area (Å²) in [6.45, 7) is 8.93. The van der Waals surface area contributed by atoms with Gasteiger partial charge in [0.15, 0.2) is 0 Å². The van der Waals surface area contributed by atoms with Gasteiger partial charge in [0, 0.05) is 25.7 Å². The van der Waals surface area contributed by atoms with E-state index in [9.17, 15) is 0 Å². The normalized spacial score (nSPS) is 26.8. The average Bonchev–Trinajstić information content (AvgIpc) is 2.49. The Labute approximate surface area is 129 Å². The van der Waals surface area contributed by atoms with Crippen LogP contribution in [0, 0.1) is 11.8 Å². The molecule has 1 aromatic rings. The molecule has 3 heteroatoms. The first-order chi connectivity index (χ1) is 10.0. The molecule has 0 spiro atoms. The number of likely N-dealkylation sites (tertiary alicyclic amines) is 1. The lowest BCUT2D eigenvalue weighted by atomic mass is 9.87. The number of hydrogen-bond donors (Lipinski definition) is 1. The number of nitrogens with two attached hydrogens (primary N) is 1. The fraction of sp³-hybridized carbons (Fsp3) is 0.667. The molecule has 4 atom stereocenters. The van der Waals surface area contributed by atoms with Crippen LogP contribution in [0.4, 0.5) is 0 Å². The standard InChI is InChI=1S/C18H30N2O/c1-13(2)18(17(19)15-8-6-5-7-9-15)20-11-10-14(3)16(12-20)21-4/h5-9,13-14,16-18H,10-12,19H2,1-4H3. The second-order valence-corrected chi connectivity index (χ2v) is 6.71. The maximum atomic E-state index is 6.61. The second kappa shape index (κ2) is 7.39. The number of hydrogen-bond acceptors (Lipinski definition) is 3. The van der Waals surface area contributed by atoms with Gasteiger partial charge in [0.2, 0.25) is 0 Å². The smallest absolute Gasteiger partial charge is 0.0724 e. The summed E-state index contributed by atoms with van der Waals surface area (Å²) < 4.78 is 5.67. The molecule has 0 aromatic heterocycles. The highest BCUT2D eigenvalue weighted by Crippen LogP contribution is 2.29. The minimum absolute atomic E-state index is 0.0529. The number of benzene rings is 1. The molecule has 1 aliphatic heterocycles. The highest BCUT2D eigenvalue weighted by molar-refractivity contribution is 5.20. The highest BCUT2D eigenvalue weighted by Gasteiger charge is 2.34. The van der Waals surface area contributed by atoms with Gasteiger partial charge in [-0.1, -0.05) is 51.1 Å². The predicted octanol–water partition coefficient (Wildman–Crippen LogP) is 3.07. The topological polar surface area (TPSA) is 38.5 Å². The zero-order valence-electron chi connectivity index (χ0n) is 13.8. The van der Waals surface area contributed by atoms with E-state index < -0.39 is 0 Å². The number of methoxy groups -OCH3 is 1. The van der Waals surface area contributed by atoms with Gasteiger partial charge in [0.25, 0.3) is 0 Å². The van der Waals surface area contributed by atoms with Gasteiger partial charge in [0.1, 0.15) is 0 Å². The minimum atomic E-state index is 0.0529. The Kier molecular flexibility index (Phi) is 5.80. The predicted molar refractivity (Wildman–Crippen MR) is 88.1 cm³/mol. The monoisotopic (exact) mass is 290 g/mol. The van der Waals surface area contributed by atoms with Crippen molar-refractivity contribution in [3.05, 3.63) is 35.9 Å². The van der Waals surface area contributed by atoms with Crippen LogP contribution in [0.3, 0.4) is 0 Å². The number of rotatable bonds is 5. The van der Waals surface area contributed by atoms with Gasteiger partial charge < -0.3 is 10.5 Å². The lowest BCUT2D eigenvalue weighted by molar-refractivity contribution is -0.0303. The molecular formula is C18H30N2O. The summed E-state index contributed by atoms with van der Waals surface area (Å²) in [6.07, 6.45) is 1.51. The van der Waals surface area contributed by atoms with Crippen molar-refractivity contribution in [3.63, 3.8) is 0 Å². The molecule has 118 valence electrons. The van der Waals surface area contributed by atoms with E-state index in [-0.39, 0.29) is 6.04 Å². The molecule has 1 aromatic carbocycles. The van der Waals surface area contributed by atoms with Crippen molar-refractivity contribution in [2.75, 3.05) is 20.2 Å². The third-order valence-corrected chi connectivity index (χ3v) is 4.88. The summed E-state index contributed by atoms with van der Waals surface area (Å²) in [5, 5.41) is 0. The fourth-order valence-electron chi connectivity index (χ4n) is 3.57. The van der Waals surface area contributed by atoms with Crippen LogP contribution in [-0.2, 0) is 4.74 Å². The summed E-state index contributed by atoms with van der Waals surface area (Å²) in [7, 11) is 1.83. The zero-order valence-corrected chi connectivity index (χ0v) is 13.8. The van der Waals surface area contributed by atoms with E-state index in [1.54, 1.807) is 0 Å². The van der Waals surface area contributed by atoms with Crippen LogP contribution in [0.2, 0.25) is 0 Å². The SMILES string of the molecule is COC1CN(C(C(C)C)C(N)c2ccccc2)CCC1C. The van der Waals surface area contributed by atoms with Crippen molar-refractivity contribution in [1.29, 1.82) is 0 Å². The first-order valence-corrected chi connectivity index (χ1v) is 8.12. The van der Waals surface area contributed by atoms with Crippen molar-refractivity contribution in [2.24, 2.45) is 17.6 Å². The van der Waals surface area contributed by atoms with Crippen molar-refractivity contribution in [1.82, 2.24) is 4.90 Å². The van der Waals surface area contributed by atoms with Crippen LogP contribution >= 0.6 is 0 Å². The van der Waals surface area contributed by atoms with Crippen LogP contribution in [0.15, 0.2) is 30.3 Å². The number of ether oxygens (including phenoxy) is 1. The first-order valence-electron chi connectivity index (χ1n) is 8.12. The summed E-state index contributed by atoms with van der Waals surface area (Å²) >= 11 is 0. The molecule has 0 amide bonds. The molecule has 21 heavy (non-hydrogen) atoms. The molecule has 1 saturated heterocycles. The second-order valence-electron chi connectivity index (χ2n) is 6.71. The Morgan fingerprint density at radius 3 is 2.48 bits per heavy atom. The Morgan fingerprint density at radius 1 is 1.24 bits per heavy atom. The molecule has 1 heterocycles. The molecule has 1 fully saturated rings. The molecule has 0 bridgehead atoms. The van der Waals surface area contributed by atoms with Crippen LogP contribution < -0.4 is 5.73 Å². The summed E-state index contributed by atoms with van der Waals surface area (Å²) in [6, 6.07) is 10.9. The van der Waals surface area contributed by atoms with E-state index in [1.807, 2.05) is 13.2 Å². The average molecular weight is 290 g/mol. The Balaban J connectivity index is 2.15. The molecule has 2 rings (SSSR count). The lowest BCUT2D eigenvalue weighted by Gasteiger charge is -2.44. The van der Waals surface area contributed by atoms with Crippen LogP contribution in [-0.4, -0.2) is 37.2 Å². The van der Waals surface area contributed by atoms with Crippen LogP contribution in [0.1, 0.15) is 38.8 Å². The van der Waals surface area contributed by atoms with Gasteiger partial charge in [0.05, 0.1) is 6.10 Å². The van der Waals surface area contributed by atoms with Crippen molar-refractivity contribution in [2.45, 2.75) is 45.4 Å². The summed E-state index contributed by atoms with van der Waals surface area (Å²) in [4.78, 5) is 2.54. The van der Waals surface area contributed by atoms with Crippen LogP contribution in [0.5, 0.6) is 0 Å². The van der Waals surface area contributed by atoms with Gasteiger partial charge in [-0.05, 0) is 30.4 Å². The number of piperidine rings is 1. The molecule has 0 aliphatic carbocycles. The van der Waals surface area contributed by atoms with Crippen LogP contribution in [0.25, 0.3) is 0 Å². The first kappa shape index (κ1) is 16.5. The van der Waals surface area contributed by atoms with E-state index in [4.69, 9.17) is 10.5 Å².